The summed E-state index contributed by atoms with van der Waals surface area (Å²) in [6, 6.07) is 16.0. The molecule has 3 aromatic rings. The SMILES string of the molecule is N#CC(=Cc1ccc(O)cc1)c1nc(N)c2ccccc2n1. The van der Waals surface area contributed by atoms with Gasteiger partial charge in [0.05, 0.1) is 11.1 Å². The lowest BCUT2D eigenvalue weighted by molar-refractivity contribution is 0.475. The number of para-hydroxylation sites is 1. The number of aromatic hydroxyl groups is 1. The summed E-state index contributed by atoms with van der Waals surface area (Å²) in [5, 5.41) is 19.4. The lowest BCUT2D eigenvalue weighted by atomic mass is 10.1. The van der Waals surface area contributed by atoms with Crippen molar-refractivity contribution in [3.8, 4) is 11.8 Å². The molecule has 0 saturated heterocycles. The van der Waals surface area contributed by atoms with Crippen LogP contribution in [0.5, 0.6) is 5.75 Å². The number of nitrogens with zero attached hydrogens (tertiary/aromatic N) is 3. The van der Waals surface area contributed by atoms with Crippen molar-refractivity contribution in [3.63, 3.8) is 0 Å². The number of phenols is 1. The van der Waals surface area contributed by atoms with E-state index in [0.29, 0.717) is 16.9 Å². The highest BCUT2D eigenvalue weighted by Crippen LogP contribution is 2.22. The highest BCUT2D eigenvalue weighted by Gasteiger charge is 2.09. The van der Waals surface area contributed by atoms with E-state index in [0.717, 1.165) is 10.9 Å². The number of rotatable bonds is 2. The van der Waals surface area contributed by atoms with Gasteiger partial charge in [0.2, 0.25) is 0 Å². The molecular formula is C17H12N4O. The second-order valence-electron chi connectivity index (χ2n) is 4.71. The summed E-state index contributed by atoms with van der Waals surface area (Å²) in [5.74, 6) is 0.793. The third-order valence-electron chi connectivity index (χ3n) is 3.20. The highest BCUT2D eigenvalue weighted by atomic mass is 16.3. The van der Waals surface area contributed by atoms with Crippen LogP contribution >= 0.6 is 0 Å². The number of nitrogens with two attached hydrogens (primary N) is 1. The van der Waals surface area contributed by atoms with Gasteiger partial charge in [-0.15, -0.1) is 0 Å². The smallest absolute Gasteiger partial charge is 0.172 e. The third kappa shape index (κ3) is 2.58. The van der Waals surface area contributed by atoms with Crippen molar-refractivity contribution in [3.05, 3.63) is 59.9 Å². The number of nitrogen functional groups attached to an aromatic ring is 1. The Kier molecular flexibility index (Phi) is 3.42. The molecule has 0 bridgehead atoms. The number of aromatic nitrogens is 2. The Morgan fingerprint density at radius 2 is 1.82 bits per heavy atom. The van der Waals surface area contributed by atoms with Crippen molar-refractivity contribution in [2.45, 2.75) is 0 Å². The largest absolute Gasteiger partial charge is 0.508 e. The van der Waals surface area contributed by atoms with Gasteiger partial charge in [-0.1, -0.05) is 24.3 Å². The summed E-state index contributed by atoms with van der Waals surface area (Å²) in [4.78, 5) is 8.60. The normalized spacial score (nSPS) is 11.3. The van der Waals surface area contributed by atoms with Gasteiger partial charge in [-0.3, -0.25) is 0 Å². The van der Waals surface area contributed by atoms with E-state index in [9.17, 15) is 10.4 Å². The van der Waals surface area contributed by atoms with Crippen LogP contribution in [0.15, 0.2) is 48.5 Å². The van der Waals surface area contributed by atoms with Crippen LogP contribution in [0.4, 0.5) is 5.82 Å². The van der Waals surface area contributed by atoms with Gasteiger partial charge in [0.1, 0.15) is 17.6 Å². The maximum Gasteiger partial charge on any atom is 0.172 e. The van der Waals surface area contributed by atoms with Gasteiger partial charge >= 0.3 is 0 Å². The first-order valence-corrected chi connectivity index (χ1v) is 6.61. The van der Waals surface area contributed by atoms with E-state index in [1.165, 1.54) is 0 Å². The second-order valence-corrected chi connectivity index (χ2v) is 4.71. The lowest BCUT2D eigenvalue weighted by Crippen LogP contribution is -2.00. The summed E-state index contributed by atoms with van der Waals surface area (Å²) in [7, 11) is 0. The molecule has 106 valence electrons. The second kappa shape index (κ2) is 5.54. The summed E-state index contributed by atoms with van der Waals surface area (Å²) >= 11 is 0. The molecule has 0 aliphatic rings. The zero-order valence-electron chi connectivity index (χ0n) is 11.6. The molecule has 0 fully saturated rings. The van der Waals surface area contributed by atoms with Crippen LogP contribution in [0.3, 0.4) is 0 Å². The first-order chi connectivity index (χ1) is 10.7. The average molecular weight is 288 g/mol. The van der Waals surface area contributed by atoms with Gasteiger partial charge in [-0.25, -0.2) is 9.97 Å². The number of anilines is 1. The molecule has 22 heavy (non-hydrogen) atoms. The molecule has 0 unspecified atom stereocenters. The number of hydrogen-bond acceptors (Lipinski definition) is 5. The molecule has 0 aliphatic carbocycles. The quantitative estimate of drug-likeness (QED) is 0.707. The van der Waals surface area contributed by atoms with Gasteiger partial charge in [-0.05, 0) is 35.9 Å². The zero-order chi connectivity index (χ0) is 15.5. The molecule has 0 atom stereocenters. The standard InChI is InChI=1S/C17H12N4O/c18-10-12(9-11-5-7-13(22)8-6-11)17-20-15-4-2-1-3-14(15)16(19)21-17/h1-9,22H,(H2,19,20,21). The Morgan fingerprint density at radius 3 is 2.55 bits per heavy atom. The van der Waals surface area contributed by atoms with Crippen molar-refractivity contribution in [2.75, 3.05) is 5.73 Å². The van der Waals surface area contributed by atoms with Gasteiger partial charge < -0.3 is 10.8 Å². The van der Waals surface area contributed by atoms with Crippen molar-refractivity contribution < 1.29 is 5.11 Å². The molecule has 5 nitrogen and oxygen atoms in total. The number of nitriles is 1. The molecule has 0 spiro atoms. The van der Waals surface area contributed by atoms with Gasteiger partial charge in [0.15, 0.2) is 5.82 Å². The van der Waals surface area contributed by atoms with Crippen molar-refractivity contribution in [1.82, 2.24) is 9.97 Å². The van der Waals surface area contributed by atoms with E-state index in [2.05, 4.69) is 16.0 Å². The molecule has 3 N–H and O–H groups in total. The first kappa shape index (κ1) is 13.6. The van der Waals surface area contributed by atoms with Gasteiger partial charge in [-0.2, -0.15) is 5.26 Å². The van der Waals surface area contributed by atoms with E-state index in [-0.39, 0.29) is 11.6 Å². The number of allylic oxidation sites excluding steroid dienone is 1. The maximum atomic E-state index is 9.37. The van der Waals surface area contributed by atoms with E-state index >= 15 is 0 Å². The summed E-state index contributed by atoms with van der Waals surface area (Å²) in [6.07, 6.45) is 1.66. The molecular weight excluding hydrogens is 276 g/mol. The summed E-state index contributed by atoms with van der Waals surface area (Å²) < 4.78 is 0. The van der Waals surface area contributed by atoms with Crippen molar-refractivity contribution in [2.24, 2.45) is 0 Å². The van der Waals surface area contributed by atoms with Crippen LogP contribution in [0.2, 0.25) is 0 Å². The van der Waals surface area contributed by atoms with E-state index in [4.69, 9.17) is 5.73 Å². The number of hydrogen-bond donors (Lipinski definition) is 2. The van der Waals surface area contributed by atoms with Crippen LogP contribution in [-0.2, 0) is 0 Å². The van der Waals surface area contributed by atoms with Crippen LogP contribution < -0.4 is 5.73 Å². The van der Waals surface area contributed by atoms with Gasteiger partial charge in [0.25, 0.3) is 0 Å². The molecule has 0 aliphatic heterocycles. The topological polar surface area (TPSA) is 95.8 Å². The summed E-state index contributed by atoms with van der Waals surface area (Å²) in [5.41, 5.74) is 7.71. The predicted molar refractivity (Wildman–Crippen MR) is 85.5 cm³/mol. The Hall–Kier alpha value is -3.39. The monoisotopic (exact) mass is 288 g/mol. The molecule has 1 aromatic heterocycles. The Bertz CT molecular complexity index is 908. The number of fused-ring (bicyclic) bond motifs is 1. The van der Waals surface area contributed by atoms with Crippen LogP contribution in [0.1, 0.15) is 11.4 Å². The fourth-order valence-electron chi connectivity index (χ4n) is 2.11. The van der Waals surface area contributed by atoms with E-state index in [1.807, 2.05) is 24.3 Å². The molecule has 0 amide bonds. The number of phenolic OH excluding ortho intramolecular Hbond substituents is 1. The fraction of sp³-hybridized carbons (Fsp3) is 0. The molecule has 5 heteroatoms. The molecule has 3 rings (SSSR count). The Balaban J connectivity index is 2.11. The fourth-order valence-corrected chi connectivity index (χ4v) is 2.11. The maximum absolute atomic E-state index is 9.37. The highest BCUT2D eigenvalue weighted by molar-refractivity contribution is 5.93. The minimum Gasteiger partial charge on any atom is -0.508 e. The molecule has 1 heterocycles. The van der Waals surface area contributed by atoms with Crippen molar-refractivity contribution in [1.29, 1.82) is 5.26 Å². The van der Waals surface area contributed by atoms with Crippen molar-refractivity contribution >= 4 is 28.4 Å². The minimum absolute atomic E-state index is 0.168. The van der Waals surface area contributed by atoms with Crippen LogP contribution in [0, 0.1) is 11.3 Å². The predicted octanol–water partition coefficient (Wildman–Crippen LogP) is 2.98. The average Bonchev–Trinajstić information content (AvgIpc) is 2.54. The Labute approximate surface area is 127 Å². The Morgan fingerprint density at radius 1 is 1.09 bits per heavy atom. The molecule has 2 aromatic carbocycles. The minimum atomic E-state index is 0.168. The number of benzene rings is 2. The first-order valence-electron chi connectivity index (χ1n) is 6.61. The lowest BCUT2D eigenvalue weighted by Gasteiger charge is -2.04. The van der Waals surface area contributed by atoms with Crippen LogP contribution in [0.25, 0.3) is 22.6 Å². The zero-order valence-corrected chi connectivity index (χ0v) is 11.6. The van der Waals surface area contributed by atoms with Crippen LogP contribution in [-0.4, -0.2) is 15.1 Å². The van der Waals surface area contributed by atoms with E-state index < -0.39 is 0 Å². The van der Waals surface area contributed by atoms with Gasteiger partial charge in [0, 0.05) is 5.39 Å². The molecule has 0 saturated carbocycles. The van der Waals surface area contributed by atoms with E-state index in [1.54, 1.807) is 30.3 Å². The molecule has 0 radical (unpaired) electrons. The third-order valence-corrected chi connectivity index (χ3v) is 3.20. The summed E-state index contributed by atoms with van der Waals surface area (Å²) in [6.45, 7) is 0.